The third kappa shape index (κ3) is 6.37. The topological polar surface area (TPSA) is 107 Å². The zero-order chi connectivity index (χ0) is 31.7. The molecular weight excluding hydrogens is 616 g/mol. The molecular formula is C36H36CuN4O4. The Morgan fingerprint density at radius 2 is 1.07 bits per heavy atom. The van der Waals surface area contributed by atoms with E-state index in [0.717, 1.165) is 78.4 Å². The van der Waals surface area contributed by atoms with Crippen LogP contribution >= 0.6 is 0 Å². The second-order valence-electron chi connectivity index (χ2n) is 11.0. The second kappa shape index (κ2) is 13.7. The summed E-state index contributed by atoms with van der Waals surface area (Å²) in [5.74, 6) is -0.589. The Morgan fingerprint density at radius 1 is 0.667 bits per heavy atom. The molecule has 0 N–H and O–H groups in total. The summed E-state index contributed by atoms with van der Waals surface area (Å²) in [5.41, 5.74) is 13.6. The molecule has 3 aromatic rings. The summed E-state index contributed by atoms with van der Waals surface area (Å²) >= 11 is 0. The summed E-state index contributed by atoms with van der Waals surface area (Å²) in [6.07, 6.45) is 4.96. The van der Waals surface area contributed by atoms with E-state index in [1.54, 1.807) is 0 Å². The minimum atomic E-state index is -0.295. The normalized spacial score (nSPS) is 12.6. The summed E-state index contributed by atoms with van der Waals surface area (Å²) in [5, 5.41) is 0. The van der Waals surface area contributed by atoms with Crippen LogP contribution in [0.4, 0.5) is 0 Å². The Kier molecular flexibility index (Phi) is 10.2. The number of fused-ring (bicyclic) bond motifs is 8. The standard InChI is InChI=1S/C36H36N4O4.Cu/c1-9-23-19(3)27-15-28-21(5)25(11-13-35(41)43-7)33(39-28)18-34-26(12-14-36(42)44-8)22(6)30(40-34)17-32-24(10-2)20(4)29(38-32)16-31(23)37-27;/h9-10,15-18H,1-2,11-14H2,3-8H3;/q-2;+2. The minimum Gasteiger partial charge on any atom is -0.657 e. The van der Waals surface area contributed by atoms with Gasteiger partial charge < -0.3 is 19.4 Å². The van der Waals surface area contributed by atoms with E-state index in [1.165, 1.54) is 14.2 Å². The van der Waals surface area contributed by atoms with E-state index in [0.29, 0.717) is 23.9 Å². The fraction of sp³-hybridized carbons (Fsp3) is 0.278. The molecule has 2 aliphatic heterocycles. The number of carbonyl (C=O) groups is 2. The van der Waals surface area contributed by atoms with Crippen LogP contribution in [0.1, 0.15) is 71.7 Å². The van der Waals surface area contributed by atoms with Crippen LogP contribution in [-0.2, 0) is 49.0 Å². The van der Waals surface area contributed by atoms with Gasteiger partial charge in [-0.05, 0) is 57.7 Å². The van der Waals surface area contributed by atoms with Crippen molar-refractivity contribution in [3.05, 3.63) is 94.6 Å². The molecule has 8 bridgehead atoms. The van der Waals surface area contributed by atoms with Gasteiger partial charge >= 0.3 is 29.0 Å². The van der Waals surface area contributed by atoms with Crippen LogP contribution in [0.3, 0.4) is 0 Å². The monoisotopic (exact) mass is 651 g/mol. The fourth-order valence-electron chi connectivity index (χ4n) is 5.81. The van der Waals surface area contributed by atoms with E-state index in [2.05, 4.69) is 13.2 Å². The van der Waals surface area contributed by atoms with Crippen LogP contribution < -0.4 is 9.97 Å². The zero-order valence-corrected chi connectivity index (χ0v) is 27.4. The average Bonchev–Trinajstić information content (AvgIpc) is 3.67. The number of allylic oxidation sites excluding steroid dienone is 6. The Bertz CT molecular complexity index is 1960. The molecule has 0 unspecified atom stereocenters. The van der Waals surface area contributed by atoms with Crippen molar-refractivity contribution in [1.29, 1.82) is 0 Å². The molecule has 2 aliphatic rings. The van der Waals surface area contributed by atoms with Crippen LogP contribution in [0.5, 0.6) is 0 Å². The molecule has 0 aliphatic carbocycles. The van der Waals surface area contributed by atoms with Crippen LogP contribution in [0.2, 0.25) is 0 Å². The fourth-order valence-corrected chi connectivity index (χ4v) is 5.81. The first-order valence-electron chi connectivity index (χ1n) is 14.5. The van der Waals surface area contributed by atoms with E-state index >= 15 is 0 Å². The van der Waals surface area contributed by atoms with E-state index in [1.807, 2.05) is 64.1 Å². The van der Waals surface area contributed by atoms with E-state index in [-0.39, 0.29) is 41.8 Å². The summed E-state index contributed by atoms with van der Waals surface area (Å²) in [6.45, 7) is 16.2. The number of hydrogen-bond donors (Lipinski definition) is 0. The predicted molar refractivity (Wildman–Crippen MR) is 174 cm³/mol. The molecule has 0 amide bonds. The van der Waals surface area contributed by atoms with E-state index < -0.39 is 0 Å². The maximum Gasteiger partial charge on any atom is 2.00 e. The van der Waals surface area contributed by atoms with Gasteiger partial charge in [0.1, 0.15) is 0 Å². The molecule has 45 heavy (non-hydrogen) atoms. The van der Waals surface area contributed by atoms with Crippen molar-refractivity contribution < 1.29 is 36.1 Å². The number of methoxy groups -OCH3 is 2. The van der Waals surface area contributed by atoms with Crippen LogP contribution in [-0.4, -0.2) is 36.1 Å². The molecule has 5 rings (SSSR count). The minimum absolute atomic E-state index is 0. The molecule has 9 heteroatoms. The first-order valence-corrected chi connectivity index (χ1v) is 14.5. The summed E-state index contributed by atoms with van der Waals surface area (Å²) in [7, 11) is 2.78. The van der Waals surface area contributed by atoms with Crippen molar-refractivity contribution in [2.45, 2.75) is 53.4 Å². The number of carbonyl (C=O) groups excluding carboxylic acids is 2. The summed E-state index contributed by atoms with van der Waals surface area (Å²) < 4.78 is 9.86. The maximum atomic E-state index is 12.1. The van der Waals surface area contributed by atoms with Gasteiger partial charge in [0, 0.05) is 24.0 Å². The van der Waals surface area contributed by atoms with Gasteiger partial charge in [-0.1, -0.05) is 65.8 Å². The van der Waals surface area contributed by atoms with Gasteiger partial charge in [-0.3, -0.25) is 9.59 Å². The molecule has 0 saturated heterocycles. The van der Waals surface area contributed by atoms with Crippen molar-refractivity contribution in [3.8, 4) is 0 Å². The second-order valence-corrected chi connectivity index (χ2v) is 11.0. The molecule has 0 spiro atoms. The number of nitrogens with zero attached hydrogens (tertiary/aromatic N) is 4. The quantitative estimate of drug-likeness (QED) is 0.197. The molecule has 5 heterocycles. The van der Waals surface area contributed by atoms with Crippen molar-refractivity contribution in [3.63, 3.8) is 0 Å². The van der Waals surface area contributed by atoms with Crippen molar-refractivity contribution in [2.75, 3.05) is 14.2 Å². The average molecular weight is 652 g/mol. The largest absolute Gasteiger partial charge is 2.00 e. The Hall–Kier alpha value is -4.46. The van der Waals surface area contributed by atoms with E-state index in [4.69, 9.17) is 29.4 Å². The third-order valence-corrected chi connectivity index (χ3v) is 8.50. The Balaban J connectivity index is 0.00000461. The van der Waals surface area contributed by atoms with Gasteiger partial charge in [0.2, 0.25) is 0 Å². The number of esters is 2. The van der Waals surface area contributed by atoms with Gasteiger partial charge in [-0.25, -0.2) is 9.97 Å². The van der Waals surface area contributed by atoms with Crippen LogP contribution in [0, 0.1) is 13.8 Å². The molecule has 0 fully saturated rings. The molecule has 1 radical (unpaired) electrons. The Labute approximate surface area is 273 Å². The summed E-state index contributed by atoms with van der Waals surface area (Å²) in [6, 6.07) is 7.87. The van der Waals surface area contributed by atoms with Crippen LogP contribution in [0.15, 0.2) is 49.6 Å². The first-order chi connectivity index (χ1) is 21.1. The number of hydrogen-bond acceptors (Lipinski definition) is 6. The first kappa shape index (κ1) is 33.4. The Morgan fingerprint density at radius 3 is 1.49 bits per heavy atom. The smallest absolute Gasteiger partial charge is 0.657 e. The van der Waals surface area contributed by atoms with Gasteiger partial charge in [0.25, 0.3) is 0 Å². The van der Waals surface area contributed by atoms with Crippen molar-refractivity contribution in [2.24, 2.45) is 0 Å². The molecule has 8 nitrogen and oxygen atoms in total. The van der Waals surface area contributed by atoms with Gasteiger partial charge in [-0.15, -0.1) is 22.1 Å². The number of aromatic nitrogens is 4. The number of aryl methyl sites for hydroxylation is 4. The van der Waals surface area contributed by atoms with Crippen molar-refractivity contribution in [1.82, 2.24) is 19.9 Å². The molecule has 235 valence electrons. The predicted octanol–water partition coefficient (Wildman–Crippen LogP) is 6.63. The maximum absolute atomic E-state index is 12.1. The molecule has 0 aromatic carbocycles. The molecule has 0 saturated carbocycles. The zero-order valence-electron chi connectivity index (χ0n) is 26.4. The van der Waals surface area contributed by atoms with Crippen molar-refractivity contribution >= 4 is 56.3 Å². The molecule has 3 aromatic heterocycles. The van der Waals surface area contributed by atoms with E-state index in [9.17, 15) is 9.59 Å². The number of ether oxygens (including phenoxy) is 2. The van der Waals surface area contributed by atoms with Gasteiger partial charge in [0.15, 0.2) is 0 Å². The van der Waals surface area contributed by atoms with Gasteiger partial charge in [0.05, 0.1) is 37.0 Å². The summed E-state index contributed by atoms with van der Waals surface area (Å²) in [4.78, 5) is 44.3. The van der Waals surface area contributed by atoms with Gasteiger partial charge in [-0.2, -0.15) is 0 Å². The molecule has 0 atom stereocenters. The van der Waals surface area contributed by atoms with Crippen LogP contribution in [0.25, 0.3) is 44.4 Å². The number of rotatable bonds is 8. The third-order valence-electron chi connectivity index (χ3n) is 8.50. The SMILES string of the molecule is C=CC1=C(C)c2cc3[n-]c(cc4[n-]c(cc5nc(cc1n2)C(C)=C5C=C)c(C)c4CCC(=O)OC)c(CCC(=O)OC)c3C.[Cu+2].